The van der Waals surface area contributed by atoms with Crippen molar-refractivity contribution in [3.05, 3.63) is 35.4 Å². The number of hydrogen-bond acceptors (Lipinski definition) is 3. The zero-order valence-electron chi connectivity index (χ0n) is 12.8. The molecule has 0 bridgehead atoms. The molecule has 1 aromatic rings. The number of carbonyl (C=O) groups is 1. The molecule has 1 heterocycles. The summed E-state index contributed by atoms with van der Waals surface area (Å²) in [5.41, 5.74) is 2.31. The number of nitrogens with one attached hydrogen (secondary N) is 2. The number of benzene rings is 1. The van der Waals surface area contributed by atoms with Gasteiger partial charge < -0.3 is 10.1 Å². The Morgan fingerprint density at radius 3 is 2.76 bits per heavy atom. The van der Waals surface area contributed by atoms with E-state index in [0.29, 0.717) is 12.3 Å². The standard InChI is InChI=1S/C17H24N2O2/c1-12-6-8-13(9-7-12)15(11-16(20)21-2)14-5-3-4-10-19-17(14)18/h6-9,14-15H,3-5,10-11H2,1-2H3,(H2,18,19). The van der Waals surface area contributed by atoms with Crippen LogP contribution in [0.3, 0.4) is 0 Å². The van der Waals surface area contributed by atoms with E-state index in [9.17, 15) is 4.79 Å². The highest BCUT2D eigenvalue weighted by atomic mass is 16.5. The molecule has 2 rings (SSSR count). The Morgan fingerprint density at radius 1 is 1.38 bits per heavy atom. The second kappa shape index (κ2) is 7.25. The van der Waals surface area contributed by atoms with Gasteiger partial charge in [0, 0.05) is 18.4 Å². The number of methoxy groups -OCH3 is 1. The van der Waals surface area contributed by atoms with Gasteiger partial charge in [-0.2, -0.15) is 0 Å². The van der Waals surface area contributed by atoms with Gasteiger partial charge in [0.05, 0.1) is 19.4 Å². The predicted molar refractivity (Wildman–Crippen MR) is 83.6 cm³/mol. The lowest BCUT2D eigenvalue weighted by atomic mass is 9.80. The molecule has 2 unspecified atom stereocenters. The molecule has 1 fully saturated rings. The Balaban J connectivity index is 2.27. The van der Waals surface area contributed by atoms with Crippen LogP contribution in [0, 0.1) is 18.3 Å². The van der Waals surface area contributed by atoms with E-state index in [1.807, 2.05) is 6.92 Å². The molecule has 4 nitrogen and oxygen atoms in total. The van der Waals surface area contributed by atoms with Gasteiger partial charge >= 0.3 is 5.97 Å². The highest BCUT2D eigenvalue weighted by Crippen LogP contribution is 2.33. The fourth-order valence-corrected chi connectivity index (χ4v) is 2.96. The van der Waals surface area contributed by atoms with Gasteiger partial charge in [-0.05, 0) is 25.3 Å². The smallest absolute Gasteiger partial charge is 0.306 e. The summed E-state index contributed by atoms with van der Waals surface area (Å²) in [6.45, 7) is 2.91. The third kappa shape index (κ3) is 4.06. The summed E-state index contributed by atoms with van der Waals surface area (Å²) in [4.78, 5) is 11.8. The number of amidine groups is 1. The molecular formula is C17H24N2O2. The van der Waals surface area contributed by atoms with Crippen LogP contribution >= 0.6 is 0 Å². The van der Waals surface area contributed by atoms with Gasteiger partial charge in [-0.25, -0.2) is 0 Å². The third-order valence-corrected chi connectivity index (χ3v) is 4.23. The van der Waals surface area contributed by atoms with Crippen LogP contribution in [0.1, 0.15) is 42.7 Å². The van der Waals surface area contributed by atoms with Crippen LogP contribution in [0.5, 0.6) is 0 Å². The molecule has 2 N–H and O–H groups in total. The highest BCUT2D eigenvalue weighted by molar-refractivity contribution is 5.83. The first-order chi connectivity index (χ1) is 10.1. The van der Waals surface area contributed by atoms with Crippen molar-refractivity contribution in [1.29, 1.82) is 5.41 Å². The Labute approximate surface area is 126 Å². The average molecular weight is 288 g/mol. The molecule has 1 saturated heterocycles. The van der Waals surface area contributed by atoms with Crippen LogP contribution in [0.15, 0.2) is 24.3 Å². The lowest BCUT2D eigenvalue weighted by Crippen LogP contribution is -2.33. The van der Waals surface area contributed by atoms with E-state index in [2.05, 4.69) is 29.6 Å². The van der Waals surface area contributed by atoms with Gasteiger partial charge in [-0.15, -0.1) is 0 Å². The van der Waals surface area contributed by atoms with E-state index in [4.69, 9.17) is 10.1 Å². The largest absolute Gasteiger partial charge is 0.469 e. The van der Waals surface area contributed by atoms with E-state index >= 15 is 0 Å². The summed E-state index contributed by atoms with van der Waals surface area (Å²) in [6, 6.07) is 8.27. The number of aryl methyl sites for hydroxylation is 1. The van der Waals surface area contributed by atoms with Crippen LogP contribution in [0.4, 0.5) is 0 Å². The van der Waals surface area contributed by atoms with Gasteiger partial charge in [0.25, 0.3) is 0 Å². The predicted octanol–water partition coefficient (Wildman–Crippen LogP) is 3.01. The fraction of sp³-hybridized carbons (Fsp3) is 0.529. The average Bonchev–Trinajstić information content (AvgIpc) is 2.70. The lowest BCUT2D eigenvalue weighted by Gasteiger charge is -2.26. The van der Waals surface area contributed by atoms with Crippen molar-refractivity contribution in [2.24, 2.45) is 5.92 Å². The number of carbonyl (C=O) groups excluding carboxylic acids is 1. The summed E-state index contributed by atoms with van der Waals surface area (Å²) in [6.07, 6.45) is 3.44. The van der Waals surface area contributed by atoms with Crippen LogP contribution in [-0.4, -0.2) is 25.5 Å². The Morgan fingerprint density at radius 2 is 2.10 bits per heavy atom. The van der Waals surface area contributed by atoms with Crippen molar-refractivity contribution < 1.29 is 9.53 Å². The van der Waals surface area contributed by atoms with E-state index < -0.39 is 0 Å². The second-order valence-corrected chi connectivity index (χ2v) is 5.74. The van der Waals surface area contributed by atoms with E-state index in [0.717, 1.165) is 31.4 Å². The molecule has 1 aliphatic rings. The first-order valence-corrected chi connectivity index (χ1v) is 7.57. The minimum absolute atomic E-state index is 0.0103. The molecule has 1 aromatic carbocycles. The summed E-state index contributed by atoms with van der Waals surface area (Å²) in [7, 11) is 1.42. The SMILES string of the molecule is COC(=O)CC(c1ccc(C)cc1)C1CCCCNC1=N. The molecule has 0 aromatic heterocycles. The first kappa shape index (κ1) is 15.5. The van der Waals surface area contributed by atoms with Crippen molar-refractivity contribution in [1.82, 2.24) is 5.32 Å². The topological polar surface area (TPSA) is 62.2 Å². The zero-order chi connectivity index (χ0) is 15.2. The van der Waals surface area contributed by atoms with E-state index in [-0.39, 0.29) is 17.8 Å². The number of hydrogen-bond donors (Lipinski definition) is 2. The number of ether oxygens (including phenoxy) is 1. The molecule has 2 atom stereocenters. The van der Waals surface area contributed by atoms with Crippen molar-refractivity contribution in [3.8, 4) is 0 Å². The molecule has 1 aliphatic heterocycles. The molecule has 0 spiro atoms. The molecule has 0 aliphatic carbocycles. The molecule has 21 heavy (non-hydrogen) atoms. The summed E-state index contributed by atoms with van der Waals surface area (Å²) in [5.74, 6) is 0.421. The number of rotatable bonds is 4. The highest BCUT2D eigenvalue weighted by Gasteiger charge is 2.30. The van der Waals surface area contributed by atoms with Crippen LogP contribution in [-0.2, 0) is 9.53 Å². The quantitative estimate of drug-likeness (QED) is 0.837. The Bertz CT molecular complexity index is 496. The van der Waals surface area contributed by atoms with Gasteiger partial charge in [-0.3, -0.25) is 10.2 Å². The zero-order valence-corrected chi connectivity index (χ0v) is 12.8. The molecular weight excluding hydrogens is 264 g/mol. The minimum Gasteiger partial charge on any atom is -0.469 e. The second-order valence-electron chi connectivity index (χ2n) is 5.74. The van der Waals surface area contributed by atoms with Crippen molar-refractivity contribution in [2.75, 3.05) is 13.7 Å². The van der Waals surface area contributed by atoms with Crippen molar-refractivity contribution in [2.45, 2.75) is 38.5 Å². The maximum absolute atomic E-state index is 11.8. The molecule has 114 valence electrons. The monoisotopic (exact) mass is 288 g/mol. The van der Waals surface area contributed by atoms with Gasteiger partial charge in [0.2, 0.25) is 0 Å². The molecule has 0 saturated carbocycles. The third-order valence-electron chi connectivity index (χ3n) is 4.23. The normalized spacial score (nSPS) is 20.3. The van der Waals surface area contributed by atoms with Gasteiger partial charge in [0.1, 0.15) is 0 Å². The lowest BCUT2D eigenvalue weighted by molar-refractivity contribution is -0.141. The Hall–Kier alpha value is -1.84. The van der Waals surface area contributed by atoms with Gasteiger partial charge in [0.15, 0.2) is 0 Å². The first-order valence-electron chi connectivity index (χ1n) is 7.57. The van der Waals surface area contributed by atoms with Crippen LogP contribution < -0.4 is 5.32 Å². The number of esters is 1. The fourth-order valence-electron chi connectivity index (χ4n) is 2.96. The van der Waals surface area contributed by atoms with Gasteiger partial charge in [-0.1, -0.05) is 36.2 Å². The van der Waals surface area contributed by atoms with Crippen LogP contribution in [0.25, 0.3) is 0 Å². The molecule has 0 amide bonds. The maximum Gasteiger partial charge on any atom is 0.306 e. The maximum atomic E-state index is 11.8. The summed E-state index contributed by atoms with van der Waals surface area (Å²) < 4.78 is 4.85. The van der Waals surface area contributed by atoms with Crippen molar-refractivity contribution in [3.63, 3.8) is 0 Å². The van der Waals surface area contributed by atoms with Crippen LogP contribution in [0.2, 0.25) is 0 Å². The summed E-state index contributed by atoms with van der Waals surface area (Å²) >= 11 is 0. The Kier molecular flexibility index (Phi) is 5.37. The van der Waals surface area contributed by atoms with Crippen molar-refractivity contribution >= 4 is 11.8 Å². The molecule has 4 heteroatoms. The molecule has 0 radical (unpaired) electrons. The van der Waals surface area contributed by atoms with E-state index in [1.54, 1.807) is 0 Å². The van der Waals surface area contributed by atoms with E-state index in [1.165, 1.54) is 12.7 Å². The minimum atomic E-state index is -0.211. The summed E-state index contributed by atoms with van der Waals surface area (Å²) in [5, 5.41) is 11.4.